The zero-order valence-electron chi connectivity index (χ0n) is 19.2. The molecule has 0 radical (unpaired) electrons. The molecule has 1 N–H and O–H groups in total. The Bertz CT molecular complexity index is 1430. The first-order valence-electron chi connectivity index (χ1n) is 11.5. The topological polar surface area (TPSA) is 96.2 Å². The van der Waals surface area contributed by atoms with Gasteiger partial charge in [0.2, 0.25) is 6.10 Å². The molecule has 9 heteroatoms. The molecule has 9 nitrogen and oxygen atoms in total. The van der Waals surface area contributed by atoms with Crippen molar-refractivity contribution in [3.05, 3.63) is 84.6 Å². The third kappa shape index (κ3) is 4.34. The van der Waals surface area contributed by atoms with E-state index < -0.39 is 12.0 Å². The third-order valence-electron chi connectivity index (χ3n) is 5.76. The van der Waals surface area contributed by atoms with Crippen molar-refractivity contribution >= 4 is 12.1 Å². The standard InChI is InChI=1S/C27H22N4O5/c32-27(25-17-35-21-8-4-5-9-23(21)36-25)29-28-15-19-16-31(20-6-2-1-3-7-20)30-26(19)18-10-11-22-24(14-18)34-13-12-33-22/h1-11,14-16,25H,12-13,17H2,(H,29,32). The van der Waals surface area contributed by atoms with E-state index in [9.17, 15) is 4.79 Å². The summed E-state index contributed by atoms with van der Waals surface area (Å²) in [5, 5.41) is 8.97. The second kappa shape index (κ2) is 9.46. The van der Waals surface area contributed by atoms with Gasteiger partial charge in [-0.3, -0.25) is 4.79 Å². The van der Waals surface area contributed by atoms with Gasteiger partial charge in [0.25, 0.3) is 5.91 Å². The Kier molecular flexibility index (Phi) is 5.71. The molecule has 0 saturated carbocycles. The van der Waals surface area contributed by atoms with Crippen molar-refractivity contribution in [2.24, 2.45) is 5.10 Å². The predicted octanol–water partition coefficient (Wildman–Crippen LogP) is 3.60. The molecule has 0 spiro atoms. The summed E-state index contributed by atoms with van der Waals surface area (Å²) >= 11 is 0. The number of para-hydroxylation sites is 3. The minimum atomic E-state index is -0.804. The Balaban J connectivity index is 1.25. The summed E-state index contributed by atoms with van der Waals surface area (Å²) < 4.78 is 24.5. The third-order valence-corrected chi connectivity index (χ3v) is 5.76. The molecule has 2 aliphatic heterocycles. The van der Waals surface area contributed by atoms with E-state index in [-0.39, 0.29) is 6.61 Å². The Morgan fingerprint density at radius 1 is 0.917 bits per heavy atom. The minimum Gasteiger partial charge on any atom is -0.486 e. The van der Waals surface area contributed by atoms with Crippen LogP contribution < -0.4 is 24.4 Å². The first-order valence-corrected chi connectivity index (χ1v) is 11.5. The maximum atomic E-state index is 12.7. The van der Waals surface area contributed by atoms with Gasteiger partial charge in [-0.05, 0) is 42.5 Å². The number of rotatable bonds is 5. The van der Waals surface area contributed by atoms with Gasteiger partial charge in [0.15, 0.2) is 23.0 Å². The van der Waals surface area contributed by atoms with Gasteiger partial charge < -0.3 is 18.9 Å². The number of carbonyl (C=O) groups excluding carboxylic acids is 1. The second-order valence-corrected chi connectivity index (χ2v) is 8.17. The summed E-state index contributed by atoms with van der Waals surface area (Å²) in [4.78, 5) is 12.7. The summed E-state index contributed by atoms with van der Waals surface area (Å²) in [6.07, 6.45) is 2.61. The van der Waals surface area contributed by atoms with E-state index in [1.54, 1.807) is 23.0 Å². The van der Waals surface area contributed by atoms with Gasteiger partial charge in [-0.2, -0.15) is 10.2 Å². The first-order chi connectivity index (χ1) is 17.7. The van der Waals surface area contributed by atoms with Crippen LogP contribution in [0.5, 0.6) is 23.0 Å². The lowest BCUT2D eigenvalue weighted by atomic mass is 10.1. The fourth-order valence-corrected chi connectivity index (χ4v) is 4.00. The lowest BCUT2D eigenvalue weighted by Gasteiger charge is -2.24. The molecule has 2 aliphatic rings. The van der Waals surface area contributed by atoms with Gasteiger partial charge >= 0.3 is 0 Å². The average Bonchev–Trinajstić information content (AvgIpc) is 3.37. The highest BCUT2D eigenvalue weighted by Gasteiger charge is 2.27. The Morgan fingerprint density at radius 3 is 2.53 bits per heavy atom. The number of hydrogen-bond donors (Lipinski definition) is 1. The molecule has 1 aromatic heterocycles. The van der Waals surface area contributed by atoms with Crippen molar-refractivity contribution in [2.75, 3.05) is 19.8 Å². The Morgan fingerprint density at radius 2 is 1.67 bits per heavy atom. The lowest BCUT2D eigenvalue weighted by Crippen LogP contribution is -2.42. The van der Waals surface area contributed by atoms with Crippen LogP contribution in [0.4, 0.5) is 0 Å². The molecule has 1 unspecified atom stereocenters. The predicted molar refractivity (Wildman–Crippen MR) is 132 cm³/mol. The smallest absolute Gasteiger partial charge is 0.284 e. The SMILES string of the molecule is O=C(NN=Cc1cn(-c2ccccc2)nc1-c1ccc2c(c1)OCCO2)C1COc2ccccc2O1. The van der Waals surface area contributed by atoms with Crippen molar-refractivity contribution < 1.29 is 23.7 Å². The summed E-state index contributed by atoms with van der Waals surface area (Å²) in [5.41, 5.74) is 5.67. The molecule has 3 aromatic carbocycles. The van der Waals surface area contributed by atoms with Crippen LogP contribution in [0.3, 0.4) is 0 Å². The molecule has 0 saturated heterocycles. The number of amides is 1. The monoisotopic (exact) mass is 482 g/mol. The molecule has 1 amide bonds. The maximum Gasteiger partial charge on any atom is 0.284 e. The molecular weight excluding hydrogens is 460 g/mol. The Hall–Kier alpha value is -4.79. The number of nitrogens with zero attached hydrogens (tertiary/aromatic N) is 3. The van der Waals surface area contributed by atoms with Crippen LogP contribution in [-0.4, -0.2) is 47.8 Å². The van der Waals surface area contributed by atoms with Crippen LogP contribution in [0.15, 0.2) is 84.1 Å². The Labute approximate surface area is 206 Å². The van der Waals surface area contributed by atoms with Crippen LogP contribution >= 0.6 is 0 Å². The van der Waals surface area contributed by atoms with Gasteiger partial charge in [0.1, 0.15) is 25.5 Å². The van der Waals surface area contributed by atoms with E-state index in [2.05, 4.69) is 10.5 Å². The summed E-state index contributed by atoms with van der Waals surface area (Å²) in [6.45, 7) is 1.12. The molecular formula is C27H22N4O5. The van der Waals surface area contributed by atoms with Crippen LogP contribution in [0.1, 0.15) is 5.56 Å². The van der Waals surface area contributed by atoms with Crippen LogP contribution in [0.2, 0.25) is 0 Å². The zero-order chi connectivity index (χ0) is 24.3. The van der Waals surface area contributed by atoms with E-state index in [4.69, 9.17) is 24.0 Å². The highest BCUT2D eigenvalue weighted by Crippen LogP contribution is 2.35. The lowest BCUT2D eigenvalue weighted by molar-refractivity contribution is -0.130. The van der Waals surface area contributed by atoms with E-state index in [1.807, 2.05) is 66.9 Å². The fourth-order valence-electron chi connectivity index (χ4n) is 4.00. The number of ether oxygens (including phenoxy) is 4. The number of hydrazone groups is 1. The van der Waals surface area contributed by atoms with Crippen molar-refractivity contribution in [3.63, 3.8) is 0 Å². The highest BCUT2D eigenvalue weighted by atomic mass is 16.6. The van der Waals surface area contributed by atoms with Crippen molar-refractivity contribution in [1.29, 1.82) is 0 Å². The van der Waals surface area contributed by atoms with Gasteiger partial charge in [-0.15, -0.1) is 0 Å². The largest absolute Gasteiger partial charge is 0.486 e. The first kappa shape index (κ1) is 21.7. The van der Waals surface area contributed by atoms with Gasteiger partial charge in [-0.25, -0.2) is 10.1 Å². The number of nitrogens with one attached hydrogen (secondary N) is 1. The molecule has 6 rings (SSSR count). The van der Waals surface area contributed by atoms with Gasteiger partial charge in [0.05, 0.1) is 11.9 Å². The number of fused-ring (bicyclic) bond motifs is 2. The molecule has 180 valence electrons. The second-order valence-electron chi connectivity index (χ2n) is 8.17. The van der Waals surface area contributed by atoms with Crippen molar-refractivity contribution in [3.8, 4) is 39.9 Å². The number of benzene rings is 3. The van der Waals surface area contributed by atoms with E-state index in [1.165, 1.54) is 0 Å². The number of aromatic nitrogens is 2. The number of hydrogen-bond acceptors (Lipinski definition) is 7. The maximum absolute atomic E-state index is 12.7. The quantitative estimate of drug-likeness (QED) is 0.345. The van der Waals surface area contributed by atoms with Crippen LogP contribution in [0, 0.1) is 0 Å². The normalized spacial score (nSPS) is 16.1. The molecule has 3 heterocycles. The summed E-state index contributed by atoms with van der Waals surface area (Å²) in [7, 11) is 0. The van der Waals surface area contributed by atoms with E-state index in [0.717, 1.165) is 11.3 Å². The number of carbonyl (C=O) groups is 1. The van der Waals surface area contributed by atoms with Crippen LogP contribution in [0.25, 0.3) is 16.9 Å². The molecule has 0 fully saturated rings. The highest BCUT2D eigenvalue weighted by molar-refractivity contribution is 5.90. The molecule has 4 aromatic rings. The average molecular weight is 482 g/mol. The molecule has 0 aliphatic carbocycles. The van der Waals surface area contributed by atoms with E-state index in [0.29, 0.717) is 47.5 Å². The summed E-state index contributed by atoms with van der Waals surface area (Å²) in [5.74, 6) is 2.10. The van der Waals surface area contributed by atoms with Crippen molar-refractivity contribution in [2.45, 2.75) is 6.10 Å². The van der Waals surface area contributed by atoms with Crippen LogP contribution in [-0.2, 0) is 4.79 Å². The molecule has 0 bridgehead atoms. The fraction of sp³-hybridized carbons (Fsp3) is 0.148. The van der Waals surface area contributed by atoms with Gasteiger partial charge in [-0.1, -0.05) is 30.3 Å². The molecule has 1 atom stereocenters. The summed E-state index contributed by atoms with van der Waals surface area (Å²) in [6, 6.07) is 22.7. The minimum absolute atomic E-state index is 0.104. The molecule has 36 heavy (non-hydrogen) atoms. The zero-order valence-corrected chi connectivity index (χ0v) is 19.2. The van der Waals surface area contributed by atoms with Gasteiger partial charge in [0, 0.05) is 17.3 Å². The van der Waals surface area contributed by atoms with Crippen molar-refractivity contribution in [1.82, 2.24) is 15.2 Å². The van der Waals surface area contributed by atoms with E-state index >= 15 is 0 Å².